The molecule has 0 aromatic heterocycles. The Hall–Kier alpha value is -2.14. The predicted molar refractivity (Wildman–Crippen MR) is 72.8 cm³/mol. The molecule has 0 fully saturated rings. The average molecular weight is 295 g/mol. The van der Waals surface area contributed by atoms with Gasteiger partial charge in [-0.2, -0.15) is 0 Å². The fourth-order valence-corrected chi connectivity index (χ4v) is 2.36. The van der Waals surface area contributed by atoms with E-state index in [1.54, 1.807) is 18.2 Å². The van der Waals surface area contributed by atoms with Crippen LogP contribution in [-0.2, 0) is 4.79 Å². The van der Waals surface area contributed by atoms with Gasteiger partial charge in [-0.1, -0.05) is 11.6 Å². The molecule has 3 rings (SSSR count). The summed E-state index contributed by atoms with van der Waals surface area (Å²) in [5.41, 5.74) is 1.47. The molecule has 1 amide bonds. The smallest absolute Gasteiger partial charge is 0.251 e. The summed E-state index contributed by atoms with van der Waals surface area (Å²) in [6, 6.07) is 7.27. The Labute approximate surface area is 118 Å². The zero-order chi connectivity index (χ0) is 14.3. The van der Waals surface area contributed by atoms with Crippen molar-refractivity contribution in [2.45, 2.75) is 6.04 Å². The highest BCUT2D eigenvalue weighted by molar-refractivity contribution is 6.31. The van der Waals surface area contributed by atoms with Crippen LogP contribution in [0.2, 0.25) is 5.02 Å². The lowest BCUT2D eigenvalue weighted by Crippen LogP contribution is -2.19. The molecule has 1 aliphatic rings. The monoisotopic (exact) mass is 294 g/mol. The number of hydrogen-bond acceptors (Lipinski definition) is 2. The molecule has 2 N–H and O–H groups in total. The van der Waals surface area contributed by atoms with Crippen molar-refractivity contribution in [1.82, 2.24) is 0 Å². The second-order valence-corrected chi connectivity index (χ2v) is 4.89. The molecule has 2 aromatic rings. The predicted octanol–water partition coefficient (Wildman–Crippen LogP) is 3.72. The minimum Gasteiger partial charge on any atom is -0.370 e. The standard InChI is InChI=1S/C14H9ClF2N2O/c15-7-1-2-12-11(3-7)13(14(20)19-12)18-10-5-8(16)4-9(17)6-10/h1-6,13,18H,(H,19,20). The van der Waals surface area contributed by atoms with Crippen LogP contribution in [0.4, 0.5) is 20.2 Å². The first-order chi connectivity index (χ1) is 9.52. The van der Waals surface area contributed by atoms with E-state index in [1.165, 1.54) is 0 Å². The van der Waals surface area contributed by atoms with Crippen molar-refractivity contribution in [2.75, 3.05) is 10.6 Å². The first-order valence-electron chi connectivity index (χ1n) is 5.86. The number of anilines is 2. The first-order valence-corrected chi connectivity index (χ1v) is 6.24. The summed E-state index contributed by atoms with van der Waals surface area (Å²) in [6.45, 7) is 0. The number of rotatable bonds is 2. The number of fused-ring (bicyclic) bond motifs is 1. The summed E-state index contributed by atoms with van der Waals surface area (Å²) < 4.78 is 26.3. The third-order valence-electron chi connectivity index (χ3n) is 3.02. The molecule has 0 bridgehead atoms. The van der Waals surface area contributed by atoms with Gasteiger partial charge in [0.05, 0.1) is 0 Å². The van der Waals surface area contributed by atoms with Crippen LogP contribution in [0.25, 0.3) is 0 Å². The molecular formula is C14H9ClF2N2O. The number of nitrogens with one attached hydrogen (secondary N) is 2. The molecule has 102 valence electrons. The molecule has 1 heterocycles. The highest BCUT2D eigenvalue weighted by Crippen LogP contribution is 2.35. The van der Waals surface area contributed by atoms with Gasteiger partial charge in [0.25, 0.3) is 5.91 Å². The zero-order valence-corrected chi connectivity index (χ0v) is 10.8. The molecule has 0 saturated heterocycles. The molecular weight excluding hydrogens is 286 g/mol. The first kappa shape index (κ1) is 12.9. The lowest BCUT2D eigenvalue weighted by atomic mass is 10.1. The maximum atomic E-state index is 13.2. The zero-order valence-electron chi connectivity index (χ0n) is 10.1. The van der Waals surface area contributed by atoms with E-state index in [0.717, 1.165) is 18.2 Å². The third kappa shape index (κ3) is 2.32. The molecule has 6 heteroatoms. The van der Waals surface area contributed by atoms with Crippen LogP contribution < -0.4 is 10.6 Å². The minimum atomic E-state index is -0.732. The van der Waals surface area contributed by atoms with Crippen molar-refractivity contribution in [2.24, 2.45) is 0 Å². The van der Waals surface area contributed by atoms with Crippen LogP contribution in [0.15, 0.2) is 36.4 Å². The SMILES string of the molecule is O=C1Nc2ccc(Cl)cc2C1Nc1cc(F)cc(F)c1. The van der Waals surface area contributed by atoms with E-state index in [0.29, 0.717) is 16.3 Å². The summed E-state index contributed by atoms with van der Waals surface area (Å²) in [7, 11) is 0. The van der Waals surface area contributed by atoms with E-state index >= 15 is 0 Å². The molecule has 1 atom stereocenters. The molecule has 0 spiro atoms. The number of benzene rings is 2. The van der Waals surface area contributed by atoms with Gasteiger partial charge in [-0.15, -0.1) is 0 Å². The molecule has 20 heavy (non-hydrogen) atoms. The van der Waals surface area contributed by atoms with Gasteiger partial charge < -0.3 is 10.6 Å². The Morgan fingerprint density at radius 2 is 1.80 bits per heavy atom. The van der Waals surface area contributed by atoms with Crippen molar-refractivity contribution in [3.63, 3.8) is 0 Å². The molecule has 2 aromatic carbocycles. The van der Waals surface area contributed by atoms with E-state index in [4.69, 9.17) is 11.6 Å². The van der Waals surface area contributed by atoms with Crippen LogP contribution in [0.3, 0.4) is 0 Å². The van der Waals surface area contributed by atoms with E-state index in [2.05, 4.69) is 10.6 Å². The Bertz CT molecular complexity index is 685. The van der Waals surface area contributed by atoms with Crippen LogP contribution in [0, 0.1) is 11.6 Å². The fourth-order valence-electron chi connectivity index (χ4n) is 2.18. The highest BCUT2D eigenvalue weighted by Gasteiger charge is 2.30. The molecule has 1 aliphatic heterocycles. The minimum absolute atomic E-state index is 0.190. The second-order valence-electron chi connectivity index (χ2n) is 4.46. The fraction of sp³-hybridized carbons (Fsp3) is 0.0714. The third-order valence-corrected chi connectivity index (χ3v) is 3.25. The Kier molecular flexibility index (Phi) is 3.06. The van der Waals surface area contributed by atoms with Crippen LogP contribution in [0.1, 0.15) is 11.6 Å². The maximum absolute atomic E-state index is 13.2. The Morgan fingerprint density at radius 1 is 1.10 bits per heavy atom. The summed E-state index contributed by atoms with van der Waals surface area (Å²) in [4.78, 5) is 11.9. The molecule has 1 unspecified atom stereocenters. The van der Waals surface area contributed by atoms with Crippen molar-refractivity contribution in [3.8, 4) is 0 Å². The Balaban J connectivity index is 1.95. The van der Waals surface area contributed by atoms with Crippen molar-refractivity contribution >= 4 is 28.9 Å². The number of amides is 1. The normalized spacial score (nSPS) is 16.8. The van der Waals surface area contributed by atoms with Gasteiger partial charge in [0, 0.05) is 28.0 Å². The van der Waals surface area contributed by atoms with Gasteiger partial charge in [-0.25, -0.2) is 8.78 Å². The van der Waals surface area contributed by atoms with Gasteiger partial charge in [-0.3, -0.25) is 4.79 Å². The summed E-state index contributed by atoms with van der Waals surface area (Å²) in [6.07, 6.45) is 0. The van der Waals surface area contributed by atoms with E-state index < -0.39 is 17.7 Å². The number of carbonyl (C=O) groups is 1. The van der Waals surface area contributed by atoms with Crippen molar-refractivity contribution in [1.29, 1.82) is 0 Å². The van der Waals surface area contributed by atoms with E-state index in [9.17, 15) is 13.6 Å². The Morgan fingerprint density at radius 3 is 2.50 bits per heavy atom. The summed E-state index contributed by atoms with van der Waals surface area (Å²) in [5.74, 6) is -1.72. The molecule has 0 radical (unpaired) electrons. The van der Waals surface area contributed by atoms with E-state index in [1.807, 2.05) is 0 Å². The largest absolute Gasteiger partial charge is 0.370 e. The molecule has 0 saturated carbocycles. The summed E-state index contributed by atoms with van der Waals surface area (Å²) >= 11 is 5.90. The summed E-state index contributed by atoms with van der Waals surface area (Å²) in [5, 5.41) is 5.97. The topological polar surface area (TPSA) is 41.1 Å². The maximum Gasteiger partial charge on any atom is 0.251 e. The lowest BCUT2D eigenvalue weighted by Gasteiger charge is -2.13. The van der Waals surface area contributed by atoms with Crippen molar-refractivity contribution < 1.29 is 13.6 Å². The van der Waals surface area contributed by atoms with Gasteiger partial charge in [0.1, 0.15) is 17.7 Å². The van der Waals surface area contributed by atoms with Gasteiger partial charge in [0.2, 0.25) is 0 Å². The molecule has 3 nitrogen and oxygen atoms in total. The van der Waals surface area contributed by atoms with Crippen LogP contribution in [-0.4, -0.2) is 5.91 Å². The van der Waals surface area contributed by atoms with Gasteiger partial charge in [-0.05, 0) is 30.3 Å². The molecule has 0 aliphatic carbocycles. The van der Waals surface area contributed by atoms with Gasteiger partial charge in [0.15, 0.2) is 0 Å². The second kappa shape index (κ2) is 4.76. The quantitative estimate of drug-likeness (QED) is 0.886. The van der Waals surface area contributed by atoms with Crippen LogP contribution >= 0.6 is 11.6 Å². The number of carbonyl (C=O) groups excluding carboxylic acids is 1. The number of hydrogen-bond donors (Lipinski definition) is 2. The van der Waals surface area contributed by atoms with Crippen molar-refractivity contribution in [3.05, 3.63) is 58.6 Å². The lowest BCUT2D eigenvalue weighted by molar-refractivity contribution is -0.116. The number of halogens is 3. The highest BCUT2D eigenvalue weighted by atomic mass is 35.5. The average Bonchev–Trinajstić information content (AvgIpc) is 2.65. The van der Waals surface area contributed by atoms with E-state index in [-0.39, 0.29) is 11.6 Å². The van der Waals surface area contributed by atoms with Crippen LogP contribution in [0.5, 0.6) is 0 Å². The van der Waals surface area contributed by atoms with Gasteiger partial charge >= 0.3 is 0 Å².